The maximum atomic E-state index is 13.2. The van der Waals surface area contributed by atoms with E-state index in [4.69, 9.17) is 0 Å². The fourth-order valence-electron chi connectivity index (χ4n) is 3.59. The van der Waals surface area contributed by atoms with Crippen molar-refractivity contribution >= 4 is 11.7 Å². The highest BCUT2D eigenvalue weighted by molar-refractivity contribution is 5.93. The van der Waals surface area contributed by atoms with Crippen molar-refractivity contribution in [2.24, 2.45) is 0 Å². The van der Waals surface area contributed by atoms with Gasteiger partial charge in [-0.1, -0.05) is 73.5 Å². The molecule has 0 spiro atoms. The van der Waals surface area contributed by atoms with Crippen LogP contribution in [0.4, 0.5) is 5.82 Å². The first-order valence-electron chi connectivity index (χ1n) is 10.3. The van der Waals surface area contributed by atoms with Crippen molar-refractivity contribution < 1.29 is 4.79 Å². The SMILES string of the molecule is O=C(c1cc(NCc2ccccc2)nc(-c2ccccc2)n1)N1CCCCCC1. The molecule has 1 fully saturated rings. The van der Waals surface area contributed by atoms with E-state index in [1.165, 1.54) is 12.8 Å². The van der Waals surface area contributed by atoms with E-state index in [0.29, 0.717) is 23.9 Å². The highest BCUT2D eigenvalue weighted by atomic mass is 16.2. The monoisotopic (exact) mass is 386 g/mol. The summed E-state index contributed by atoms with van der Waals surface area (Å²) in [5.41, 5.74) is 2.52. The summed E-state index contributed by atoms with van der Waals surface area (Å²) in [6, 6.07) is 21.8. The Morgan fingerprint density at radius 1 is 0.862 bits per heavy atom. The Morgan fingerprint density at radius 3 is 2.21 bits per heavy atom. The molecule has 1 aromatic heterocycles. The molecule has 4 rings (SSSR count). The predicted octanol–water partition coefficient (Wildman–Crippen LogP) is 4.77. The van der Waals surface area contributed by atoms with Crippen molar-refractivity contribution in [2.75, 3.05) is 18.4 Å². The fourth-order valence-corrected chi connectivity index (χ4v) is 3.59. The second kappa shape index (κ2) is 9.32. The standard InChI is InChI=1S/C24H26N4O/c29-24(28-15-9-1-2-10-16-28)21-17-22(25-18-19-11-5-3-6-12-19)27-23(26-21)20-13-7-4-8-14-20/h3-8,11-14,17H,1-2,9-10,15-16,18H2,(H,25,26,27). The maximum absolute atomic E-state index is 13.2. The van der Waals surface area contributed by atoms with Crippen molar-refractivity contribution in [3.05, 3.63) is 78.0 Å². The van der Waals surface area contributed by atoms with E-state index in [1.807, 2.05) is 53.4 Å². The molecule has 1 saturated heterocycles. The molecule has 3 aromatic rings. The minimum atomic E-state index is -0.00533. The second-order valence-electron chi connectivity index (χ2n) is 7.37. The van der Waals surface area contributed by atoms with Gasteiger partial charge in [0.2, 0.25) is 0 Å². The van der Waals surface area contributed by atoms with Crippen LogP contribution in [0.2, 0.25) is 0 Å². The summed E-state index contributed by atoms with van der Waals surface area (Å²) in [5.74, 6) is 1.23. The van der Waals surface area contributed by atoms with E-state index in [1.54, 1.807) is 6.07 Å². The zero-order valence-corrected chi connectivity index (χ0v) is 16.6. The molecule has 1 N–H and O–H groups in total. The van der Waals surface area contributed by atoms with Crippen LogP contribution < -0.4 is 5.32 Å². The van der Waals surface area contributed by atoms with Crippen molar-refractivity contribution in [3.63, 3.8) is 0 Å². The molecule has 1 aliphatic rings. The topological polar surface area (TPSA) is 58.1 Å². The molecule has 29 heavy (non-hydrogen) atoms. The number of hydrogen-bond donors (Lipinski definition) is 1. The average molecular weight is 386 g/mol. The number of amides is 1. The highest BCUT2D eigenvalue weighted by Crippen LogP contribution is 2.20. The molecule has 0 radical (unpaired) electrons. The number of nitrogens with zero attached hydrogens (tertiary/aromatic N) is 3. The van der Waals surface area contributed by atoms with Crippen LogP contribution in [-0.2, 0) is 6.54 Å². The van der Waals surface area contributed by atoms with Gasteiger partial charge in [-0.3, -0.25) is 4.79 Å². The lowest BCUT2D eigenvalue weighted by Gasteiger charge is -2.20. The van der Waals surface area contributed by atoms with Crippen LogP contribution in [0.1, 0.15) is 41.7 Å². The fraction of sp³-hybridized carbons (Fsp3) is 0.292. The van der Waals surface area contributed by atoms with E-state index in [2.05, 4.69) is 27.4 Å². The van der Waals surface area contributed by atoms with Gasteiger partial charge in [0.15, 0.2) is 5.82 Å². The van der Waals surface area contributed by atoms with Gasteiger partial charge in [-0.05, 0) is 18.4 Å². The van der Waals surface area contributed by atoms with E-state index in [-0.39, 0.29) is 5.91 Å². The minimum Gasteiger partial charge on any atom is -0.366 e. The number of nitrogens with one attached hydrogen (secondary N) is 1. The molecule has 5 heteroatoms. The Labute approximate surface area is 171 Å². The number of aromatic nitrogens is 2. The zero-order valence-electron chi connectivity index (χ0n) is 16.6. The van der Waals surface area contributed by atoms with Crippen molar-refractivity contribution in [3.8, 4) is 11.4 Å². The molecule has 0 unspecified atom stereocenters. The molecule has 1 amide bonds. The summed E-state index contributed by atoms with van der Waals surface area (Å²) in [5, 5.41) is 3.36. The zero-order chi connectivity index (χ0) is 19.9. The van der Waals surface area contributed by atoms with Gasteiger partial charge in [0, 0.05) is 31.3 Å². The highest BCUT2D eigenvalue weighted by Gasteiger charge is 2.20. The van der Waals surface area contributed by atoms with E-state index >= 15 is 0 Å². The van der Waals surface area contributed by atoms with Crippen LogP contribution in [0, 0.1) is 0 Å². The van der Waals surface area contributed by atoms with Crippen molar-refractivity contribution in [2.45, 2.75) is 32.2 Å². The smallest absolute Gasteiger partial charge is 0.272 e. The molecule has 148 valence electrons. The van der Waals surface area contributed by atoms with Gasteiger partial charge >= 0.3 is 0 Å². The number of anilines is 1. The average Bonchev–Trinajstić information content (AvgIpc) is 3.08. The van der Waals surface area contributed by atoms with Crippen LogP contribution in [0.15, 0.2) is 66.7 Å². The number of benzene rings is 2. The number of rotatable bonds is 5. The third-order valence-electron chi connectivity index (χ3n) is 5.19. The third kappa shape index (κ3) is 4.99. The van der Waals surface area contributed by atoms with Gasteiger partial charge in [-0.2, -0.15) is 0 Å². The van der Waals surface area contributed by atoms with Crippen LogP contribution in [-0.4, -0.2) is 33.9 Å². The Kier molecular flexibility index (Phi) is 6.15. The molecule has 0 saturated carbocycles. The molecule has 0 bridgehead atoms. The summed E-state index contributed by atoms with van der Waals surface area (Å²) >= 11 is 0. The number of hydrogen-bond acceptors (Lipinski definition) is 4. The van der Waals surface area contributed by atoms with Crippen LogP contribution in [0.5, 0.6) is 0 Å². The minimum absolute atomic E-state index is 0.00533. The van der Waals surface area contributed by atoms with Gasteiger partial charge < -0.3 is 10.2 Å². The van der Waals surface area contributed by atoms with Crippen molar-refractivity contribution in [1.82, 2.24) is 14.9 Å². The molecular weight excluding hydrogens is 360 g/mol. The summed E-state index contributed by atoms with van der Waals surface area (Å²) in [7, 11) is 0. The molecule has 5 nitrogen and oxygen atoms in total. The van der Waals surface area contributed by atoms with Crippen LogP contribution >= 0.6 is 0 Å². The molecule has 0 atom stereocenters. The van der Waals surface area contributed by atoms with Gasteiger partial charge in [0.1, 0.15) is 11.5 Å². The Balaban J connectivity index is 1.63. The van der Waals surface area contributed by atoms with E-state index in [0.717, 1.165) is 37.1 Å². The van der Waals surface area contributed by atoms with E-state index in [9.17, 15) is 4.79 Å². The third-order valence-corrected chi connectivity index (χ3v) is 5.19. The molecule has 1 aliphatic heterocycles. The normalized spacial score (nSPS) is 14.3. The van der Waals surface area contributed by atoms with E-state index < -0.39 is 0 Å². The summed E-state index contributed by atoms with van der Waals surface area (Å²) in [4.78, 5) is 24.4. The summed E-state index contributed by atoms with van der Waals surface area (Å²) in [6.45, 7) is 2.25. The Hall–Kier alpha value is -3.21. The van der Waals surface area contributed by atoms with Gasteiger partial charge in [0.05, 0.1) is 0 Å². The quantitative estimate of drug-likeness (QED) is 0.686. The van der Waals surface area contributed by atoms with Crippen molar-refractivity contribution in [1.29, 1.82) is 0 Å². The summed E-state index contributed by atoms with van der Waals surface area (Å²) < 4.78 is 0. The first-order chi connectivity index (χ1) is 14.3. The van der Waals surface area contributed by atoms with Gasteiger partial charge in [-0.15, -0.1) is 0 Å². The lowest BCUT2D eigenvalue weighted by Crippen LogP contribution is -2.32. The first kappa shape index (κ1) is 19.1. The molecular formula is C24H26N4O. The largest absolute Gasteiger partial charge is 0.366 e. The van der Waals surface area contributed by atoms with Crippen LogP contribution in [0.25, 0.3) is 11.4 Å². The second-order valence-corrected chi connectivity index (χ2v) is 7.37. The number of carbonyl (C=O) groups excluding carboxylic acids is 1. The maximum Gasteiger partial charge on any atom is 0.272 e. The van der Waals surface area contributed by atoms with Crippen LogP contribution in [0.3, 0.4) is 0 Å². The summed E-state index contributed by atoms with van der Waals surface area (Å²) in [6.07, 6.45) is 4.49. The lowest BCUT2D eigenvalue weighted by atomic mass is 10.2. The predicted molar refractivity (Wildman–Crippen MR) is 116 cm³/mol. The Morgan fingerprint density at radius 2 is 1.52 bits per heavy atom. The lowest BCUT2D eigenvalue weighted by molar-refractivity contribution is 0.0756. The van der Waals surface area contributed by atoms with Gasteiger partial charge in [0.25, 0.3) is 5.91 Å². The first-order valence-corrected chi connectivity index (χ1v) is 10.3. The number of likely N-dealkylation sites (tertiary alicyclic amines) is 1. The molecule has 2 aromatic carbocycles. The molecule has 2 heterocycles. The molecule has 0 aliphatic carbocycles. The van der Waals surface area contributed by atoms with Gasteiger partial charge in [-0.25, -0.2) is 9.97 Å². The number of carbonyl (C=O) groups is 1. The Bertz CT molecular complexity index is 936.